The van der Waals surface area contributed by atoms with Gasteiger partial charge in [0.25, 0.3) is 5.89 Å². The van der Waals surface area contributed by atoms with Gasteiger partial charge in [-0.05, 0) is 12.8 Å². The first-order valence-corrected chi connectivity index (χ1v) is 8.10. The molecule has 1 saturated heterocycles. The van der Waals surface area contributed by atoms with Gasteiger partial charge in [0.15, 0.2) is 11.0 Å². The van der Waals surface area contributed by atoms with Crippen LogP contribution in [0.1, 0.15) is 36.5 Å². The number of rotatable bonds is 7. The fourth-order valence-electron chi connectivity index (χ4n) is 2.25. The van der Waals surface area contributed by atoms with E-state index in [2.05, 4.69) is 26.9 Å². The zero-order valence-electron chi connectivity index (χ0n) is 12.6. The maximum absolute atomic E-state index is 5.65. The molecule has 10 heteroatoms. The molecule has 0 amide bonds. The minimum atomic E-state index is -0.0560. The molecule has 1 fully saturated rings. The van der Waals surface area contributed by atoms with E-state index in [-0.39, 0.29) is 18.5 Å². The zero-order chi connectivity index (χ0) is 15.4. The first-order valence-electron chi connectivity index (χ1n) is 7.11. The summed E-state index contributed by atoms with van der Waals surface area (Å²) < 4.78 is 12.7. The highest BCUT2D eigenvalue weighted by molar-refractivity contribution is 7.98. The lowest BCUT2D eigenvalue weighted by molar-refractivity contribution is 0.0835. The maximum Gasteiger partial charge on any atom is 0.255 e. The summed E-state index contributed by atoms with van der Waals surface area (Å²) in [6.45, 7) is 5.45. The SMILES string of the molecule is C=CCn1c(CN)nnc1SCc1noc(C2CCCO2)n1.Cl. The van der Waals surface area contributed by atoms with E-state index in [0.29, 0.717) is 30.6 Å². The van der Waals surface area contributed by atoms with E-state index in [0.717, 1.165) is 30.4 Å². The molecule has 2 aromatic heterocycles. The minimum Gasteiger partial charge on any atom is -0.368 e. The second-order valence-corrected chi connectivity index (χ2v) is 5.78. The smallest absolute Gasteiger partial charge is 0.255 e. The fourth-order valence-corrected chi connectivity index (χ4v) is 3.06. The van der Waals surface area contributed by atoms with Crippen LogP contribution < -0.4 is 5.73 Å². The van der Waals surface area contributed by atoms with Crippen molar-refractivity contribution in [2.75, 3.05) is 6.61 Å². The molecule has 1 unspecified atom stereocenters. The first-order chi connectivity index (χ1) is 10.8. The van der Waals surface area contributed by atoms with Gasteiger partial charge in [-0.2, -0.15) is 4.98 Å². The average molecular weight is 359 g/mol. The third-order valence-electron chi connectivity index (χ3n) is 3.31. The number of allylic oxidation sites excluding steroid dienone is 1. The van der Waals surface area contributed by atoms with Crippen LogP contribution in [0.4, 0.5) is 0 Å². The molecule has 0 saturated carbocycles. The summed E-state index contributed by atoms with van der Waals surface area (Å²) in [5, 5.41) is 13.0. The maximum atomic E-state index is 5.65. The summed E-state index contributed by atoms with van der Waals surface area (Å²) in [4.78, 5) is 4.38. The van der Waals surface area contributed by atoms with Crippen molar-refractivity contribution in [1.82, 2.24) is 24.9 Å². The monoisotopic (exact) mass is 358 g/mol. The van der Waals surface area contributed by atoms with Gasteiger partial charge in [0.1, 0.15) is 11.9 Å². The van der Waals surface area contributed by atoms with Crippen molar-refractivity contribution < 1.29 is 9.26 Å². The van der Waals surface area contributed by atoms with Crippen molar-refractivity contribution in [2.24, 2.45) is 5.73 Å². The summed E-state index contributed by atoms with van der Waals surface area (Å²) in [6.07, 6.45) is 3.70. The number of nitrogens with two attached hydrogens (primary N) is 1. The molecule has 8 nitrogen and oxygen atoms in total. The Hall–Kier alpha value is -1.42. The van der Waals surface area contributed by atoms with Gasteiger partial charge in [-0.1, -0.05) is 23.0 Å². The van der Waals surface area contributed by atoms with E-state index >= 15 is 0 Å². The Bertz CT molecular complexity index is 640. The van der Waals surface area contributed by atoms with Crippen LogP contribution in [-0.2, 0) is 23.6 Å². The second-order valence-electron chi connectivity index (χ2n) is 4.84. The number of thioether (sulfide) groups is 1. The molecule has 2 aromatic rings. The lowest BCUT2D eigenvalue weighted by Crippen LogP contribution is -2.08. The van der Waals surface area contributed by atoms with Gasteiger partial charge >= 0.3 is 0 Å². The molecule has 0 aliphatic carbocycles. The summed E-state index contributed by atoms with van der Waals surface area (Å²) >= 11 is 1.49. The normalized spacial score (nSPS) is 17.2. The molecular formula is C13H19ClN6O2S. The molecule has 3 heterocycles. The molecule has 1 aliphatic heterocycles. The van der Waals surface area contributed by atoms with Crippen molar-refractivity contribution in [3.63, 3.8) is 0 Å². The van der Waals surface area contributed by atoms with Gasteiger partial charge in [-0.15, -0.1) is 29.2 Å². The van der Waals surface area contributed by atoms with Gasteiger partial charge in [0.05, 0.1) is 12.3 Å². The molecule has 2 N–H and O–H groups in total. The van der Waals surface area contributed by atoms with Crippen molar-refractivity contribution in [2.45, 2.75) is 42.9 Å². The molecule has 0 bridgehead atoms. The zero-order valence-corrected chi connectivity index (χ0v) is 14.2. The van der Waals surface area contributed by atoms with E-state index in [4.69, 9.17) is 15.0 Å². The Balaban J connectivity index is 0.00000192. The molecule has 1 atom stereocenters. The summed E-state index contributed by atoms with van der Waals surface area (Å²) in [5.74, 6) is 2.47. The third-order valence-corrected chi connectivity index (χ3v) is 4.27. The highest BCUT2D eigenvalue weighted by atomic mass is 35.5. The molecule has 0 spiro atoms. The third kappa shape index (κ3) is 4.11. The van der Waals surface area contributed by atoms with Crippen LogP contribution in [0.3, 0.4) is 0 Å². The second kappa shape index (κ2) is 8.44. The number of ether oxygens (including phenoxy) is 1. The molecule has 0 radical (unpaired) electrons. The van der Waals surface area contributed by atoms with Crippen LogP contribution in [0.2, 0.25) is 0 Å². The van der Waals surface area contributed by atoms with Crippen LogP contribution >= 0.6 is 24.2 Å². The van der Waals surface area contributed by atoms with E-state index in [1.807, 2.05) is 4.57 Å². The Morgan fingerprint density at radius 3 is 3.00 bits per heavy atom. The lowest BCUT2D eigenvalue weighted by Gasteiger charge is -2.04. The van der Waals surface area contributed by atoms with E-state index in [1.165, 1.54) is 11.8 Å². The van der Waals surface area contributed by atoms with Crippen LogP contribution in [0.25, 0.3) is 0 Å². The van der Waals surface area contributed by atoms with Gasteiger partial charge in [-0.3, -0.25) is 0 Å². The fraction of sp³-hybridized carbons (Fsp3) is 0.538. The van der Waals surface area contributed by atoms with Crippen molar-refractivity contribution >= 4 is 24.2 Å². The lowest BCUT2D eigenvalue weighted by atomic mass is 10.2. The Kier molecular flexibility index (Phi) is 6.58. The Labute approximate surface area is 144 Å². The highest BCUT2D eigenvalue weighted by Gasteiger charge is 2.24. The molecule has 126 valence electrons. The average Bonchev–Trinajstić information content (AvgIpc) is 3.26. The summed E-state index contributed by atoms with van der Waals surface area (Å²) in [5.41, 5.74) is 5.65. The standard InChI is InChI=1S/C13H18N6O2S.ClH/c1-2-5-19-11(7-14)16-17-13(19)22-8-10-15-12(21-18-10)9-4-3-6-20-9;/h2,9H,1,3-8,14H2;1H. The van der Waals surface area contributed by atoms with E-state index in [9.17, 15) is 0 Å². The van der Waals surface area contributed by atoms with Crippen LogP contribution in [-0.4, -0.2) is 31.5 Å². The van der Waals surface area contributed by atoms with Gasteiger partial charge < -0.3 is 19.6 Å². The predicted octanol–water partition coefficient (Wildman–Crippen LogP) is 1.87. The van der Waals surface area contributed by atoms with E-state index in [1.54, 1.807) is 6.08 Å². The number of hydrogen-bond donors (Lipinski definition) is 1. The Morgan fingerprint density at radius 1 is 1.43 bits per heavy atom. The van der Waals surface area contributed by atoms with Gasteiger partial charge in [-0.25, -0.2) is 0 Å². The summed E-state index contributed by atoms with van der Waals surface area (Å²) in [7, 11) is 0. The molecule has 1 aliphatic rings. The number of halogens is 1. The van der Waals surface area contributed by atoms with Crippen molar-refractivity contribution in [3.05, 3.63) is 30.2 Å². The van der Waals surface area contributed by atoms with Gasteiger partial charge in [0, 0.05) is 13.2 Å². The number of aromatic nitrogens is 5. The largest absolute Gasteiger partial charge is 0.368 e. The summed E-state index contributed by atoms with van der Waals surface area (Å²) in [6, 6.07) is 0. The minimum absolute atomic E-state index is 0. The van der Waals surface area contributed by atoms with Gasteiger partial charge in [0.2, 0.25) is 0 Å². The molecule has 23 heavy (non-hydrogen) atoms. The Morgan fingerprint density at radius 2 is 2.30 bits per heavy atom. The first kappa shape index (κ1) is 17.9. The van der Waals surface area contributed by atoms with Crippen LogP contribution in [0, 0.1) is 0 Å². The molecular weight excluding hydrogens is 340 g/mol. The van der Waals surface area contributed by atoms with E-state index < -0.39 is 0 Å². The number of nitrogens with zero attached hydrogens (tertiary/aromatic N) is 5. The van der Waals surface area contributed by atoms with Crippen molar-refractivity contribution in [1.29, 1.82) is 0 Å². The highest BCUT2D eigenvalue weighted by Crippen LogP contribution is 2.28. The van der Waals surface area contributed by atoms with Crippen LogP contribution in [0.5, 0.6) is 0 Å². The molecule has 0 aromatic carbocycles. The van der Waals surface area contributed by atoms with Crippen LogP contribution in [0.15, 0.2) is 22.3 Å². The molecule has 3 rings (SSSR count). The predicted molar refractivity (Wildman–Crippen MR) is 87.1 cm³/mol. The topological polar surface area (TPSA) is 105 Å². The van der Waals surface area contributed by atoms with Crippen molar-refractivity contribution in [3.8, 4) is 0 Å². The quantitative estimate of drug-likeness (QED) is 0.590. The number of hydrogen-bond acceptors (Lipinski definition) is 8.